The Bertz CT molecular complexity index is 1220. The van der Waals surface area contributed by atoms with Crippen LogP contribution in [0.2, 0.25) is 0 Å². The van der Waals surface area contributed by atoms with Gasteiger partial charge in [-0.15, -0.1) is 0 Å². The van der Waals surface area contributed by atoms with Gasteiger partial charge in [0.25, 0.3) is 5.91 Å². The Morgan fingerprint density at radius 2 is 1.56 bits per heavy atom. The molecular weight excluding hydrogens is 413 g/mol. The molecule has 0 atom stereocenters. The van der Waals surface area contributed by atoms with E-state index in [9.17, 15) is 9.18 Å². The van der Waals surface area contributed by atoms with E-state index in [1.54, 1.807) is 47.9 Å². The zero-order chi connectivity index (χ0) is 22.3. The maximum atomic E-state index is 14.3. The fourth-order valence-electron chi connectivity index (χ4n) is 2.85. The van der Waals surface area contributed by atoms with Gasteiger partial charge in [0, 0.05) is 5.69 Å². The molecule has 32 heavy (non-hydrogen) atoms. The second kappa shape index (κ2) is 9.54. The number of amides is 1. The number of aromatic nitrogens is 2. The largest absolute Gasteiger partial charge is 0.457 e. The lowest BCUT2D eigenvalue weighted by molar-refractivity contribution is 0.0707. The van der Waals surface area contributed by atoms with Crippen molar-refractivity contribution >= 4 is 29.0 Å². The number of hydrogen-bond acceptors (Lipinski definition) is 7. The lowest BCUT2D eigenvalue weighted by Gasteiger charge is -2.12. The van der Waals surface area contributed by atoms with E-state index in [0.29, 0.717) is 11.4 Å². The van der Waals surface area contributed by atoms with E-state index in [1.165, 1.54) is 6.07 Å². The number of hydroxylamine groups is 1. The second-order valence-corrected chi connectivity index (χ2v) is 6.57. The number of carbonyl (C=O) groups excluding carboxylic acids is 1. The van der Waals surface area contributed by atoms with Gasteiger partial charge in [-0.1, -0.05) is 30.3 Å². The summed E-state index contributed by atoms with van der Waals surface area (Å²) in [6.07, 6.45) is 1.01. The van der Waals surface area contributed by atoms with Gasteiger partial charge in [0.2, 0.25) is 5.95 Å². The van der Waals surface area contributed by atoms with Crippen molar-refractivity contribution in [3.8, 4) is 11.5 Å². The van der Waals surface area contributed by atoms with E-state index in [1.807, 2.05) is 30.3 Å². The molecule has 1 aromatic heterocycles. The molecule has 0 fully saturated rings. The highest BCUT2D eigenvalue weighted by Crippen LogP contribution is 2.25. The molecule has 0 radical (unpaired) electrons. The second-order valence-electron chi connectivity index (χ2n) is 6.57. The van der Waals surface area contributed by atoms with Crippen molar-refractivity contribution in [1.29, 1.82) is 0 Å². The SMILES string of the molecule is O=C(NO)c1ccccc1Nc1nc(Nc2ccc(Oc3ccccc3)cc2)ncc1F. The molecule has 1 heterocycles. The fraction of sp³-hybridized carbons (Fsp3) is 0. The molecule has 1 amide bonds. The van der Waals surface area contributed by atoms with E-state index < -0.39 is 11.7 Å². The number of hydrogen-bond donors (Lipinski definition) is 4. The molecule has 9 heteroatoms. The van der Waals surface area contributed by atoms with Crippen LogP contribution in [0, 0.1) is 5.82 Å². The van der Waals surface area contributed by atoms with Gasteiger partial charge in [-0.25, -0.2) is 14.9 Å². The Hall–Kier alpha value is -4.50. The Balaban J connectivity index is 1.49. The number of nitrogens with zero attached hydrogens (tertiary/aromatic N) is 2. The normalized spacial score (nSPS) is 10.3. The molecule has 0 saturated heterocycles. The summed E-state index contributed by atoms with van der Waals surface area (Å²) in [6, 6.07) is 22.8. The van der Waals surface area contributed by atoms with Crippen molar-refractivity contribution in [3.63, 3.8) is 0 Å². The average Bonchev–Trinajstić information content (AvgIpc) is 2.83. The van der Waals surface area contributed by atoms with Gasteiger partial charge in [-0.3, -0.25) is 10.0 Å². The van der Waals surface area contributed by atoms with Crippen LogP contribution in [0.1, 0.15) is 10.4 Å². The number of nitrogens with one attached hydrogen (secondary N) is 3. The van der Waals surface area contributed by atoms with E-state index in [-0.39, 0.29) is 23.0 Å². The first kappa shape index (κ1) is 20.8. The maximum Gasteiger partial charge on any atom is 0.276 e. The van der Waals surface area contributed by atoms with Crippen LogP contribution in [0.5, 0.6) is 11.5 Å². The van der Waals surface area contributed by atoms with Gasteiger partial charge in [-0.05, 0) is 48.5 Å². The maximum absolute atomic E-state index is 14.3. The van der Waals surface area contributed by atoms with Crippen LogP contribution in [-0.4, -0.2) is 21.1 Å². The number of anilines is 4. The van der Waals surface area contributed by atoms with Crippen LogP contribution >= 0.6 is 0 Å². The summed E-state index contributed by atoms with van der Waals surface area (Å²) in [5.74, 6) is -0.0524. The minimum atomic E-state index is -0.737. The van der Waals surface area contributed by atoms with Crippen LogP contribution in [0.4, 0.5) is 27.5 Å². The first-order valence-corrected chi connectivity index (χ1v) is 9.55. The summed E-state index contributed by atoms with van der Waals surface area (Å²) in [5, 5.41) is 14.7. The minimum Gasteiger partial charge on any atom is -0.457 e. The van der Waals surface area contributed by atoms with Crippen LogP contribution < -0.4 is 20.9 Å². The third-order valence-electron chi connectivity index (χ3n) is 4.36. The first-order chi connectivity index (χ1) is 15.6. The van der Waals surface area contributed by atoms with Gasteiger partial charge in [0.05, 0.1) is 17.4 Å². The lowest BCUT2D eigenvalue weighted by Crippen LogP contribution is -2.20. The van der Waals surface area contributed by atoms with Crippen molar-refractivity contribution in [2.24, 2.45) is 0 Å². The summed E-state index contributed by atoms with van der Waals surface area (Å²) in [7, 11) is 0. The Kier molecular flexibility index (Phi) is 6.19. The van der Waals surface area contributed by atoms with Gasteiger partial charge < -0.3 is 15.4 Å². The Morgan fingerprint density at radius 1 is 0.875 bits per heavy atom. The topological polar surface area (TPSA) is 108 Å². The summed E-state index contributed by atoms with van der Waals surface area (Å²) in [4.78, 5) is 19.9. The number of halogens is 1. The van der Waals surface area contributed by atoms with Crippen LogP contribution in [0.3, 0.4) is 0 Å². The average molecular weight is 431 g/mol. The molecule has 4 N–H and O–H groups in total. The summed E-state index contributed by atoms with van der Waals surface area (Å²) < 4.78 is 20.0. The van der Waals surface area contributed by atoms with Gasteiger partial charge in [0.15, 0.2) is 11.6 Å². The highest BCUT2D eigenvalue weighted by molar-refractivity contribution is 5.99. The van der Waals surface area contributed by atoms with E-state index in [2.05, 4.69) is 20.6 Å². The number of carbonyl (C=O) groups is 1. The third-order valence-corrected chi connectivity index (χ3v) is 4.36. The van der Waals surface area contributed by atoms with Crippen LogP contribution in [0.25, 0.3) is 0 Å². The van der Waals surface area contributed by atoms with Crippen LogP contribution in [-0.2, 0) is 0 Å². The molecule has 0 spiro atoms. The molecule has 4 rings (SSSR count). The van der Waals surface area contributed by atoms with Crippen molar-refractivity contribution in [2.45, 2.75) is 0 Å². The van der Waals surface area contributed by atoms with Crippen molar-refractivity contribution in [2.75, 3.05) is 10.6 Å². The molecule has 160 valence electrons. The molecule has 3 aromatic carbocycles. The van der Waals surface area contributed by atoms with Crippen molar-refractivity contribution in [1.82, 2.24) is 15.4 Å². The van der Waals surface area contributed by atoms with Crippen molar-refractivity contribution < 1.29 is 19.1 Å². The number of para-hydroxylation sites is 2. The smallest absolute Gasteiger partial charge is 0.276 e. The minimum absolute atomic E-state index is 0.122. The summed E-state index contributed by atoms with van der Waals surface area (Å²) in [5.41, 5.74) is 2.62. The number of ether oxygens (including phenoxy) is 1. The summed E-state index contributed by atoms with van der Waals surface area (Å²) >= 11 is 0. The van der Waals surface area contributed by atoms with Crippen molar-refractivity contribution in [3.05, 3.63) is 96.4 Å². The lowest BCUT2D eigenvalue weighted by atomic mass is 10.1. The van der Waals surface area contributed by atoms with Crippen LogP contribution in [0.15, 0.2) is 85.1 Å². The first-order valence-electron chi connectivity index (χ1n) is 9.55. The zero-order valence-electron chi connectivity index (χ0n) is 16.6. The molecular formula is C23H18FN5O3. The number of benzene rings is 3. The predicted octanol–water partition coefficient (Wildman–Crippen LogP) is 5.01. The molecule has 8 nitrogen and oxygen atoms in total. The van der Waals surface area contributed by atoms with E-state index in [0.717, 1.165) is 11.9 Å². The summed E-state index contributed by atoms with van der Waals surface area (Å²) in [6.45, 7) is 0. The monoisotopic (exact) mass is 431 g/mol. The number of rotatable bonds is 7. The third kappa shape index (κ3) is 4.97. The zero-order valence-corrected chi connectivity index (χ0v) is 16.6. The standard InChI is InChI=1S/C23H18FN5O3/c24-19-14-25-23(28-21(19)27-20-9-5-4-8-18(20)22(30)29-31)26-15-10-12-17(13-11-15)32-16-6-2-1-3-7-16/h1-14,31H,(H,29,30)(H2,25,26,27,28). The van der Waals surface area contributed by atoms with E-state index >= 15 is 0 Å². The molecule has 4 aromatic rings. The molecule has 0 saturated carbocycles. The quantitative estimate of drug-likeness (QED) is 0.240. The fourth-order valence-corrected chi connectivity index (χ4v) is 2.85. The molecule has 0 unspecified atom stereocenters. The van der Waals surface area contributed by atoms with E-state index in [4.69, 9.17) is 9.94 Å². The molecule has 0 aliphatic rings. The molecule has 0 aliphatic heterocycles. The molecule has 0 aliphatic carbocycles. The molecule has 0 bridgehead atoms. The van der Waals surface area contributed by atoms with Gasteiger partial charge in [-0.2, -0.15) is 4.98 Å². The van der Waals surface area contributed by atoms with Gasteiger partial charge >= 0.3 is 0 Å². The Morgan fingerprint density at radius 3 is 2.31 bits per heavy atom. The highest BCUT2D eigenvalue weighted by Gasteiger charge is 2.14. The predicted molar refractivity (Wildman–Crippen MR) is 117 cm³/mol. The Labute approximate surface area is 182 Å². The highest BCUT2D eigenvalue weighted by atomic mass is 19.1. The van der Waals surface area contributed by atoms with Gasteiger partial charge in [0.1, 0.15) is 11.5 Å².